The van der Waals surface area contributed by atoms with Crippen molar-refractivity contribution in [3.8, 4) is 0 Å². The maximum Gasteiger partial charge on any atom is 0.0154 e. The van der Waals surface area contributed by atoms with Crippen LogP contribution in [0.15, 0.2) is 0 Å². The monoisotopic (exact) mass is 196 g/mol. The summed E-state index contributed by atoms with van der Waals surface area (Å²) in [5.41, 5.74) is 0.370. The maximum atomic E-state index is 2.73. The molecule has 2 atom stereocenters. The van der Waals surface area contributed by atoms with Crippen molar-refractivity contribution < 1.29 is 0 Å². The van der Waals surface area contributed by atoms with Gasteiger partial charge in [-0.15, -0.1) is 0 Å². The van der Waals surface area contributed by atoms with E-state index in [9.17, 15) is 0 Å². The maximum absolute atomic E-state index is 2.73. The zero-order chi connectivity index (χ0) is 10.3. The van der Waals surface area contributed by atoms with Crippen molar-refractivity contribution >= 4 is 0 Å². The number of hydrogen-bond acceptors (Lipinski definition) is 2. The Bertz CT molecular complexity index is 207. The Balaban J connectivity index is 2.05. The second kappa shape index (κ2) is 3.49. The molecule has 0 aromatic carbocycles. The zero-order valence-corrected chi connectivity index (χ0v) is 10.1. The topological polar surface area (TPSA) is 6.48 Å². The van der Waals surface area contributed by atoms with Gasteiger partial charge in [0.2, 0.25) is 0 Å². The fraction of sp³-hybridized carbons (Fsp3) is 1.00. The Morgan fingerprint density at radius 3 is 2.43 bits per heavy atom. The molecule has 0 aliphatic carbocycles. The third-order valence-electron chi connectivity index (χ3n) is 3.90. The second-order valence-corrected chi connectivity index (χ2v) is 6.03. The molecule has 0 saturated carbocycles. The molecule has 2 aliphatic heterocycles. The number of likely N-dealkylation sites (tertiary alicyclic amines) is 2. The van der Waals surface area contributed by atoms with Crippen molar-refractivity contribution in [3.63, 3.8) is 0 Å². The lowest BCUT2D eigenvalue weighted by Gasteiger charge is -2.42. The van der Waals surface area contributed by atoms with Crippen LogP contribution in [0.2, 0.25) is 0 Å². The van der Waals surface area contributed by atoms with Crippen LogP contribution >= 0.6 is 0 Å². The first-order chi connectivity index (χ1) is 6.48. The van der Waals surface area contributed by atoms with Crippen molar-refractivity contribution in [2.45, 2.75) is 45.2 Å². The molecule has 14 heavy (non-hydrogen) atoms. The van der Waals surface area contributed by atoms with Gasteiger partial charge < -0.3 is 4.90 Å². The van der Waals surface area contributed by atoms with Crippen LogP contribution in [0, 0.1) is 5.92 Å². The summed E-state index contributed by atoms with van der Waals surface area (Å²) in [5, 5.41) is 0. The minimum Gasteiger partial charge on any atom is -0.306 e. The van der Waals surface area contributed by atoms with Gasteiger partial charge in [-0.3, -0.25) is 4.90 Å². The third-order valence-corrected chi connectivity index (χ3v) is 3.90. The Kier molecular flexibility index (Phi) is 2.61. The predicted molar refractivity (Wildman–Crippen MR) is 60.5 cm³/mol. The number of fused-ring (bicyclic) bond motifs is 1. The van der Waals surface area contributed by atoms with E-state index in [1.165, 1.54) is 32.5 Å². The fourth-order valence-corrected chi connectivity index (χ4v) is 3.20. The highest BCUT2D eigenvalue weighted by molar-refractivity contribution is 4.96. The van der Waals surface area contributed by atoms with Gasteiger partial charge in [0.1, 0.15) is 0 Å². The van der Waals surface area contributed by atoms with Crippen molar-refractivity contribution in [1.82, 2.24) is 9.80 Å². The predicted octanol–water partition coefficient (Wildman–Crippen LogP) is 1.81. The van der Waals surface area contributed by atoms with E-state index in [0.29, 0.717) is 5.54 Å². The Labute approximate surface area is 88.3 Å². The summed E-state index contributed by atoms with van der Waals surface area (Å²) < 4.78 is 0. The summed E-state index contributed by atoms with van der Waals surface area (Å²) >= 11 is 0. The van der Waals surface area contributed by atoms with Crippen LogP contribution in [0.1, 0.15) is 33.6 Å². The van der Waals surface area contributed by atoms with Crippen LogP contribution in [0.25, 0.3) is 0 Å². The van der Waals surface area contributed by atoms with Gasteiger partial charge in [-0.2, -0.15) is 0 Å². The molecule has 2 heterocycles. The number of nitrogens with zero attached hydrogens (tertiary/aromatic N) is 2. The number of hydrogen-bond donors (Lipinski definition) is 0. The standard InChI is InChI=1S/C12H24N2/c1-12(2,3)14-8-5-10-9-13(4)7-6-11(10)14/h10-11H,5-9H2,1-4H3. The largest absolute Gasteiger partial charge is 0.306 e. The minimum absolute atomic E-state index is 0.370. The average Bonchev–Trinajstić information content (AvgIpc) is 2.45. The molecular formula is C12H24N2. The van der Waals surface area contributed by atoms with Crippen LogP contribution in [-0.4, -0.2) is 48.1 Å². The molecule has 0 N–H and O–H groups in total. The van der Waals surface area contributed by atoms with Gasteiger partial charge in [0, 0.05) is 18.1 Å². The average molecular weight is 196 g/mol. The lowest BCUT2D eigenvalue weighted by molar-refractivity contribution is 0.0660. The van der Waals surface area contributed by atoms with Gasteiger partial charge in [0.25, 0.3) is 0 Å². The summed E-state index contributed by atoms with van der Waals surface area (Å²) in [4.78, 5) is 5.22. The second-order valence-electron chi connectivity index (χ2n) is 6.03. The Morgan fingerprint density at radius 2 is 1.79 bits per heavy atom. The summed E-state index contributed by atoms with van der Waals surface area (Å²) in [6, 6.07) is 0.867. The van der Waals surface area contributed by atoms with Crippen LogP contribution in [0.5, 0.6) is 0 Å². The number of piperidine rings is 1. The van der Waals surface area contributed by atoms with E-state index in [-0.39, 0.29) is 0 Å². The van der Waals surface area contributed by atoms with Crippen molar-refractivity contribution in [2.24, 2.45) is 5.92 Å². The molecule has 2 heteroatoms. The van der Waals surface area contributed by atoms with E-state index in [2.05, 4.69) is 37.6 Å². The third kappa shape index (κ3) is 1.82. The molecule has 0 radical (unpaired) electrons. The quantitative estimate of drug-likeness (QED) is 0.583. The highest BCUT2D eigenvalue weighted by Crippen LogP contribution is 2.35. The van der Waals surface area contributed by atoms with Crippen molar-refractivity contribution in [3.05, 3.63) is 0 Å². The first-order valence-corrected chi connectivity index (χ1v) is 5.94. The smallest absolute Gasteiger partial charge is 0.0154 e. The van der Waals surface area contributed by atoms with Crippen LogP contribution in [0.3, 0.4) is 0 Å². The van der Waals surface area contributed by atoms with E-state index in [0.717, 1.165) is 12.0 Å². The zero-order valence-electron chi connectivity index (χ0n) is 10.1. The molecule has 0 aromatic rings. The molecule has 0 spiro atoms. The molecule has 2 fully saturated rings. The van der Waals surface area contributed by atoms with Gasteiger partial charge in [-0.1, -0.05) is 0 Å². The molecule has 82 valence electrons. The first kappa shape index (κ1) is 10.4. The molecular weight excluding hydrogens is 172 g/mol. The van der Waals surface area contributed by atoms with Crippen LogP contribution in [-0.2, 0) is 0 Å². The van der Waals surface area contributed by atoms with E-state index < -0.39 is 0 Å². The Morgan fingerprint density at radius 1 is 1.07 bits per heavy atom. The van der Waals surface area contributed by atoms with Gasteiger partial charge in [-0.25, -0.2) is 0 Å². The summed E-state index contributed by atoms with van der Waals surface area (Å²) in [7, 11) is 2.26. The SMILES string of the molecule is CN1CCC2C(CCN2C(C)(C)C)C1. The summed E-state index contributed by atoms with van der Waals surface area (Å²) in [6.07, 6.45) is 2.78. The molecule has 2 saturated heterocycles. The summed E-state index contributed by atoms with van der Waals surface area (Å²) in [6.45, 7) is 11.0. The lowest BCUT2D eigenvalue weighted by Crippen LogP contribution is -2.50. The van der Waals surface area contributed by atoms with Crippen LogP contribution in [0.4, 0.5) is 0 Å². The highest BCUT2D eigenvalue weighted by Gasteiger charge is 2.41. The van der Waals surface area contributed by atoms with Gasteiger partial charge in [0.05, 0.1) is 0 Å². The first-order valence-electron chi connectivity index (χ1n) is 5.94. The number of rotatable bonds is 0. The van der Waals surface area contributed by atoms with Gasteiger partial charge in [-0.05, 0) is 59.7 Å². The molecule has 2 nitrogen and oxygen atoms in total. The molecule has 2 rings (SSSR count). The molecule has 0 amide bonds. The Hall–Kier alpha value is -0.0800. The van der Waals surface area contributed by atoms with Crippen molar-refractivity contribution in [2.75, 3.05) is 26.7 Å². The normalized spacial score (nSPS) is 36.0. The van der Waals surface area contributed by atoms with E-state index in [1.807, 2.05) is 0 Å². The highest BCUT2D eigenvalue weighted by atomic mass is 15.3. The summed E-state index contributed by atoms with van der Waals surface area (Å²) in [5.74, 6) is 0.938. The van der Waals surface area contributed by atoms with Crippen LogP contribution < -0.4 is 0 Å². The van der Waals surface area contributed by atoms with Gasteiger partial charge in [0.15, 0.2) is 0 Å². The molecule has 2 aliphatic rings. The van der Waals surface area contributed by atoms with Gasteiger partial charge >= 0.3 is 0 Å². The molecule has 0 aromatic heterocycles. The minimum atomic E-state index is 0.370. The molecule has 2 unspecified atom stereocenters. The lowest BCUT2D eigenvalue weighted by atomic mass is 9.91. The van der Waals surface area contributed by atoms with E-state index >= 15 is 0 Å². The van der Waals surface area contributed by atoms with E-state index in [1.54, 1.807) is 0 Å². The molecule has 0 bridgehead atoms. The van der Waals surface area contributed by atoms with E-state index in [4.69, 9.17) is 0 Å². The fourth-order valence-electron chi connectivity index (χ4n) is 3.20. The van der Waals surface area contributed by atoms with Crippen molar-refractivity contribution in [1.29, 1.82) is 0 Å².